The number of sulfone groups is 1. The molecule has 0 amide bonds. The zero-order chi connectivity index (χ0) is 15.5. The zero-order valence-corrected chi connectivity index (χ0v) is 12.6. The number of hydrogen-bond acceptors (Lipinski definition) is 6. The van der Waals surface area contributed by atoms with E-state index in [0.29, 0.717) is 13.0 Å². The van der Waals surface area contributed by atoms with E-state index in [2.05, 4.69) is 0 Å². The monoisotopic (exact) mass is 314 g/mol. The number of ether oxygens (including phenoxy) is 1. The molecule has 2 rings (SSSR count). The Morgan fingerprint density at radius 3 is 2.76 bits per heavy atom. The maximum Gasteiger partial charge on any atom is 0.310 e. The van der Waals surface area contributed by atoms with E-state index < -0.39 is 14.8 Å². The summed E-state index contributed by atoms with van der Waals surface area (Å²) < 4.78 is 28.3. The normalized spacial score (nSPS) is 20.6. The van der Waals surface area contributed by atoms with Crippen LogP contribution in [0.15, 0.2) is 24.3 Å². The molecule has 7 nitrogen and oxygen atoms in total. The third-order valence-corrected chi connectivity index (χ3v) is 5.35. The van der Waals surface area contributed by atoms with Gasteiger partial charge in [0.2, 0.25) is 0 Å². The largest absolute Gasteiger partial charge is 0.485 e. The van der Waals surface area contributed by atoms with Gasteiger partial charge in [-0.2, -0.15) is 0 Å². The maximum absolute atomic E-state index is 11.4. The van der Waals surface area contributed by atoms with Crippen LogP contribution in [0.3, 0.4) is 0 Å². The molecule has 0 N–H and O–H groups in total. The van der Waals surface area contributed by atoms with E-state index in [4.69, 9.17) is 4.74 Å². The van der Waals surface area contributed by atoms with Gasteiger partial charge in [-0.1, -0.05) is 12.1 Å². The molecule has 1 aliphatic rings. The van der Waals surface area contributed by atoms with E-state index in [1.165, 1.54) is 6.07 Å². The molecule has 0 aliphatic carbocycles. The lowest BCUT2D eigenvalue weighted by Crippen LogP contribution is -2.35. The van der Waals surface area contributed by atoms with Gasteiger partial charge in [0, 0.05) is 18.7 Å². The van der Waals surface area contributed by atoms with Crippen molar-refractivity contribution in [3.8, 4) is 5.75 Å². The number of nitrogens with zero attached hydrogens (tertiary/aromatic N) is 2. The third-order valence-electron chi connectivity index (χ3n) is 3.60. The summed E-state index contributed by atoms with van der Waals surface area (Å²) in [5.74, 6) is 0.636. The molecule has 0 radical (unpaired) electrons. The van der Waals surface area contributed by atoms with Crippen LogP contribution in [0.4, 0.5) is 5.69 Å². The van der Waals surface area contributed by atoms with Crippen LogP contribution in [-0.2, 0) is 9.84 Å². The fraction of sp³-hybridized carbons (Fsp3) is 0.538. The van der Waals surface area contributed by atoms with E-state index in [9.17, 15) is 18.5 Å². The molecule has 1 aliphatic heterocycles. The van der Waals surface area contributed by atoms with E-state index in [-0.39, 0.29) is 35.6 Å². The first-order valence-corrected chi connectivity index (χ1v) is 8.48. The molecule has 0 saturated carbocycles. The molecule has 0 spiro atoms. The summed E-state index contributed by atoms with van der Waals surface area (Å²) in [6.45, 7) is 0.796. The van der Waals surface area contributed by atoms with E-state index >= 15 is 0 Å². The van der Waals surface area contributed by atoms with Gasteiger partial charge in [0.15, 0.2) is 15.6 Å². The molecule has 1 fully saturated rings. The van der Waals surface area contributed by atoms with E-state index in [1.54, 1.807) is 18.2 Å². The molecule has 0 bridgehead atoms. The molecule has 1 aromatic carbocycles. The van der Waals surface area contributed by atoms with Gasteiger partial charge in [0.1, 0.15) is 6.61 Å². The smallest absolute Gasteiger partial charge is 0.310 e. The van der Waals surface area contributed by atoms with Crippen molar-refractivity contribution in [3.05, 3.63) is 34.4 Å². The van der Waals surface area contributed by atoms with Gasteiger partial charge in [-0.05, 0) is 19.5 Å². The molecule has 1 aromatic rings. The van der Waals surface area contributed by atoms with Crippen LogP contribution in [0.1, 0.15) is 6.42 Å². The highest BCUT2D eigenvalue weighted by molar-refractivity contribution is 7.91. The standard InChI is InChI=1S/C13H18N2O5S/c1-14(11-6-9-21(18,19)10-11)7-8-20-13-5-3-2-4-12(13)15(16)17/h2-5,11H,6-10H2,1H3/t11-/m1/s1. The molecule has 8 heteroatoms. The second-order valence-corrected chi connectivity index (χ2v) is 7.34. The maximum atomic E-state index is 11.4. The lowest BCUT2D eigenvalue weighted by Gasteiger charge is -2.22. The van der Waals surface area contributed by atoms with Gasteiger partial charge in [-0.15, -0.1) is 0 Å². The second-order valence-electron chi connectivity index (χ2n) is 5.11. The van der Waals surface area contributed by atoms with E-state index in [0.717, 1.165) is 0 Å². The summed E-state index contributed by atoms with van der Waals surface area (Å²) >= 11 is 0. The van der Waals surface area contributed by atoms with Crippen molar-refractivity contribution in [3.63, 3.8) is 0 Å². The van der Waals surface area contributed by atoms with Crippen molar-refractivity contribution in [1.82, 2.24) is 4.90 Å². The first kappa shape index (κ1) is 15.7. The van der Waals surface area contributed by atoms with Gasteiger partial charge in [-0.25, -0.2) is 8.42 Å². The highest BCUT2D eigenvalue weighted by Crippen LogP contribution is 2.25. The summed E-state index contributed by atoms with van der Waals surface area (Å²) in [6.07, 6.45) is 0.629. The van der Waals surface area contributed by atoms with Crippen LogP contribution in [0.25, 0.3) is 0 Å². The molecule has 1 heterocycles. The van der Waals surface area contributed by atoms with Gasteiger partial charge in [-0.3, -0.25) is 15.0 Å². The second kappa shape index (κ2) is 6.40. The Bertz CT molecular complexity index is 617. The predicted octanol–water partition coefficient (Wildman–Crippen LogP) is 1.09. The average Bonchev–Trinajstić information content (AvgIpc) is 2.79. The highest BCUT2D eigenvalue weighted by atomic mass is 32.2. The molecule has 0 aromatic heterocycles. The lowest BCUT2D eigenvalue weighted by molar-refractivity contribution is -0.385. The van der Waals surface area contributed by atoms with Gasteiger partial charge >= 0.3 is 5.69 Å². The number of likely N-dealkylation sites (N-methyl/N-ethyl adjacent to an activating group) is 1. The first-order chi connectivity index (χ1) is 9.89. The Balaban J connectivity index is 1.86. The van der Waals surface area contributed by atoms with Crippen LogP contribution >= 0.6 is 0 Å². The fourth-order valence-corrected chi connectivity index (χ4v) is 4.14. The molecule has 1 saturated heterocycles. The Morgan fingerprint density at radius 1 is 1.43 bits per heavy atom. The summed E-state index contributed by atoms with van der Waals surface area (Å²) in [5, 5.41) is 10.8. The van der Waals surface area contributed by atoms with Crippen molar-refractivity contribution in [2.75, 3.05) is 31.7 Å². The summed E-state index contributed by atoms with van der Waals surface area (Å²) in [5.41, 5.74) is -0.0661. The van der Waals surface area contributed by atoms with Crippen molar-refractivity contribution in [2.45, 2.75) is 12.5 Å². The first-order valence-electron chi connectivity index (χ1n) is 6.66. The van der Waals surface area contributed by atoms with E-state index in [1.807, 2.05) is 11.9 Å². The molecule has 0 unspecified atom stereocenters. The minimum absolute atomic E-state index is 0.00404. The number of hydrogen-bond donors (Lipinski definition) is 0. The number of benzene rings is 1. The Hall–Kier alpha value is -1.67. The summed E-state index contributed by atoms with van der Waals surface area (Å²) in [7, 11) is -1.07. The number of rotatable bonds is 6. The van der Waals surface area contributed by atoms with Gasteiger partial charge in [0.05, 0.1) is 16.4 Å². The topological polar surface area (TPSA) is 89.8 Å². The van der Waals surface area contributed by atoms with Crippen LogP contribution in [-0.4, -0.2) is 56.0 Å². The molecular formula is C13H18N2O5S. The molecular weight excluding hydrogens is 296 g/mol. The molecule has 21 heavy (non-hydrogen) atoms. The van der Waals surface area contributed by atoms with Crippen LogP contribution in [0.5, 0.6) is 5.75 Å². The number of nitro groups is 1. The zero-order valence-electron chi connectivity index (χ0n) is 11.8. The van der Waals surface area contributed by atoms with Crippen LogP contribution in [0.2, 0.25) is 0 Å². The Kier molecular flexibility index (Phi) is 4.79. The van der Waals surface area contributed by atoms with Crippen molar-refractivity contribution >= 4 is 15.5 Å². The predicted molar refractivity (Wildman–Crippen MR) is 78.3 cm³/mol. The molecule has 1 atom stereocenters. The Morgan fingerprint density at radius 2 is 2.14 bits per heavy atom. The summed E-state index contributed by atoms with van der Waals surface area (Å²) in [4.78, 5) is 12.3. The SMILES string of the molecule is CN(CCOc1ccccc1[N+](=O)[O-])[C@@H]1CCS(=O)(=O)C1. The van der Waals surface area contributed by atoms with Crippen molar-refractivity contribution in [1.29, 1.82) is 0 Å². The number of nitro benzene ring substituents is 1. The quantitative estimate of drug-likeness (QED) is 0.577. The lowest BCUT2D eigenvalue weighted by atomic mass is 10.2. The minimum atomic E-state index is -2.91. The third kappa shape index (κ3) is 4.15. The Labute approximate surface area is 123 Å². The average molecular weight is 314 g/mol. The van der Waals surface area contributed by atoms with Crippen molar-refractivity contribution < 1.29 is 18.1 Å². The minimum Gasteiger partial charge on any atom is -0.485 e. The van der Waals surface area contributed by atoms with Gasteiger partial charge in [0.25, 0.3) is 0 Å². The van der Waals surface area contributed by atoms with Crippen LogP contribution < -0.4 is 4.74 Å². The van der Waals surface area contributed by atoms with Crippen LogP contribution in [0, 0.1) is 10.1 Å². The highest BCUT2D eigenvalue weighted by Gasteiger charge is 2.30. The molecule has 116 valence electrons. The summed E-state index contributed by atoms with van der Waals surface area (Å²) in [6, 6.07) is 6.21. The van der Waals surface area contributed by atoms with Crippen molar-refractivity contribution in [2.24, 2.45) is 0 Å². The number of para-hydroxylation sites is 2. The fourth-order valence-electron chi connectivity index (χ4n) is 2.34. The van der Waals surface area contributed by atoms with Gasteiger partial charge < -0.3 is 4.74 Å².